The van der Waals surface area contributed by atoms with E-state index in [4.69, 9.17) is 4.74 Å². The van der Waals surface area contributed by atoms with Crippen molar-refractivity contribution in [2.24, 2.45) is 11.8 Å². The first-order valence-electron chi connectivity index (χ1n) is 6.23. The van der Waals surface area contributed by atoms with Crippen LogP contribution in [0.3, 0.4) is 0 Å². The molecule has 2 aliphatic rings. The molecule has 2 nitrogen and oxygen atoms in total. The Morgan fingerprint density at radius 2 is 1.93 bits per heavy atom. The van der Waals surface area contributed by atoms with Crippen molar-refractivity contribution in [3.05, 3.63) is 0 Å². The first-order valence-corrected chi connectivity index (χ1v) is 6.23. The highest BCUT2D eigenvalue weighted by Crippen LogP contribution is 2.23. The van der Waals surface area contributed by atoms with Crippen molar-refractivity contribution in [1.82, 2.24) is 5.32 Å². The van der Waals surface area contributed by atoms with Crippen molar-refractivity contribution >= 4 is 0 Å². The average Bonchev–Trinajstić information content (AvgIpc) is 2.86. The molecular weight excluding hydrogens is 174 g/mol. The Hall–Kier alpha value is -0.0800. The van der Waals surface area contributed by atoms with Gasteiger partial charge in [-0.2, -0.15) is 0 Å². The van der Waals surface area contributed by atoms with Crippen LogP contribution in [0, 0.1) is 11.8 Å². The van der Waals surface area contributed by atoms with Crippen LogP contribution in [0.5, 0.6) is 0 Å². The molecule has 0 aromatic heterocycles. The summed E-state index contributed by atoms with van der Waals surface area (Å²) in [6.07, 6.45) is 8.43. The standard InChI is InChI=1S/C12H23NO/c1-2-4-11(3-1)9-13-7-5-12-6-8-14-10-12/h11-13H,1-10H2. The highest BCUT2D eigenvalue weighted by molar-refractivity contribution is 4.70. The van der Waals surface area contributed by atoms with Crippen LogP contribution in [0.25, 0.3) is 0 Å². The maximum Gasteiger partial charge on any atom is 0.0495 e. The van der Waals surface area contributed by atoms with Crippen LogP contribution < -0.4 is 5.32 Å². The lowest BCUT2D eigenvalue weighted by atomic mass is 10.0. The van der Waals surface area contributed by atoms with Crippen LogP contribution in [0.1, 0.15) is 38.5 Å². The topological polar surface area (TPSA) is 21.3 Å². The second-order valence-corrected chi connectivity index (χ2v) is 4.87. The first kappa shape index (κ1) is 10.4. The number of rotatable bonds is 5. The van der Waals surface area contributed by atoms with E-state index >= 15 is 0 Å². The van der Waals surface area contributed by atoms with Crippen molar-refractivity contribution in [2.75, 3.05) is 26.3 Å². The lowest BCUT2D eigenvalue weighted by Crippen LogP contribution is -2.24. The fourth-order valence-electron chi connectivity index (χ4n) is 2.64. The molecule has 2 rings (SSSR count). The fourth-order valence-corrected chi connectivity index (χ4v) is 2.64. The largest absolute Gasteiger partial charge is 0.381 e. The highest BCUT2D eigenvalue weighted by Gasteiger charge is 2.16. The molecule has 1 heterocycles. The summed E-state index contributed by atoms with van der Waals surface area (Å²) in [6.45, 7) is 4.45. The van der Waals surface area contributed by atoms with E-state index < -0.39 is 0 Å². The number of hydrogen-bond acceptors (Lipinski definition) is 2. The zero-order valence-electron chi connectivity index (χ0n) is 9.13. The second-order valence-electron chi connectivity index (χ2n) is 4.87. The summed E-state index contributed by atoms with van der Waals surface area (Å²) in [5, 5.41) is 3.60. The summed E-state index contributed by atoms with van der Waals surface area (Å²) < 4.78 is 5.36. The van der Waals surface area contributed by atoms with Crippen LogP contribution in [-0.2, 0) is 4.74 Å². The Balaban J connectivity index is 1.46. The summed E-state index contributed by atoms with van der Waals surface area (Å²) in [7, 11) is 0. The molecule has 1 saturated heterocycles. The van der Waals surface area contributed by atoms with Gasteiger partial charge in [-0.05, 0) is 50.6 Å². The van der Waals surface area contributed by atoms with Crippen molar-refractivity contribution in [2.45, 2.75) is 38.5 Å². The Kier molecular flexibility index (Phi) is 4.26. The van der Waals surface area contributed by atoms with Gasteiger partial charge in [-0.3, -0.25) is 0 Å². The lowest BCUT2D eigenvalue weighted by Gasteiger charge is -2.12. The molecule has 0 radical (unpaired) electrons. The minimum absolute atomic E-state index is 0.839. The summed E-state index contributed by atoms with van der Waals surface area (Å²) in [4.78, 5) is 0. The minimum Gasteiger partial charge on any atom is -0.381 e. The minimum atomic E-state index is 0.839. The predicted molar refractivity (Wildman–Crippen MR) is 58.4 cm³/mol. The van der Waals surface area contributed by atoms with E-state index in [-0.39, 0.29) is 0 Å². The van der Waals surface area contributed by atoms with Gasteiger partial charge >= 0.3 is 0 Å². The number of hydrogen-bond donors (Lipinski definition) is 1. The normalized spacial score (nSPS) is 28.7. The van der Waals surface area contributed by atoms with E-state index in [2.05, 4.69) is 5.32 Å². The van der Waals surface area contributed by atoms with E-state index in [9.17, 15) is 0 Å². The summed E-state index contributed by atoms with van der Waals surface area (Å²) in [5.74, 6) is 1.82. The van der Waals surface area contributed by atoms with E-state index in [1.807, 2.05) is 0 Å². The van der Waals surface area contributed by atoms with E-state index in [1.54, 1.807) is 0 Å². The monoisotopic (exact) mass is 197 g/mol. The first-order chi connectivity index (χ1) is 6.95. The zero-order valence-corrected chi connectivity index (χ0v) is 9.13. The number of ether oxygens (including phenoxy) is 1. The van der Waals surface area contributed by atoms with Gasteiger partial charge < -0.3 is 10.1 Å². The van der Waals surface area contributed by atoms with E-state index in [0.29, 0.717) is 0 Å². The molecule has 2 heteroatoms. The summed E-state index contributed by atoms with van der Waals surface area (Å²) >= 11 is 0. The van der Waals surface area contributed by atoms with Gasteiger partial charge in [0.05, 0.1) is 0 Å². The molecule has 14 heavy (non-hydrogen) atoms. The molecule has 0 aromatic carbocycles. The fraction of sp³-hybridized carbons (Fsp3) is 1.00. The van der Waals surface area contributed by atoms with Crippen molar-refractivity contribution in [3.8, 4) is 0 Å². The number of nitrogens with one attached hydrogen (secondary N) is 1. The van der Waals surface area contributed by atoms with Crippen LogP contribution in [-0.4, -0.2) is 26.3 Å². The summed E-state index contributed by atoms with van der Waals surface area (Å²) in [6, 6.07) is 0. The second kappa shape index (κ2) is 5.72. The molecule has 1 aliphatic carbocycles. The van der Waals surface area contributed by atoms with Crippen LogP contribution in [0.2, 0.25) is 0 Å². The molecule has 0 aromatic rings. The molecule has 2 fully saturated rings. The van der Waals surface area contributed by atoms with Crippen LogP contribution >= 0.6 is 0 Å². The van der Waals surface area contributed by atoms with Crippen molar-refractivity contribution in [1.29, 1.82) is 0 Å². The van der Waals surface area contributed by atoms with Gasteiger partial charge in [0.1, 0.15) is 0 Å². The van der Waals surface area contributed by atoms with Crippen molar-refractivity contribution < 1.29 is 4.74 Å². The van der Waals surface area contributed by atoms with Crippen LogP contribution in [0.4, 0.5) is 0 Å². The molecule has 1 unspecified atom stereocenters. The predicted octanol–water partition coefficient (Wildman–Crippen LogP) is 2.19. The van der Waals surface area contributed by atoms with Crippen LogP contribution in [0.15, 0.2) is 0 Å². The Morgan fingerprint density at radius 3 is 2.64 bits per heavy atom. The summed E-state index contributed by atoms with van der Waals surface area (Å²) in [5.41, 5.74) is 0. The van der Waals surface area contributed by atoms with E-state index in [1.165, 1.54) is 51.6 Å². The smallest absolute Gasteiger partial charge is 0.0495 e. The zero-order chi connectivity index (χ0) is 9.64. The third kappa shape index (κ3) is 3.25. The molecule has 1 saturated carbocycles. The Labute approximate surface area is 87.4 Å². The average molecular weight is 197 g/mol. The van der Waals surface area contributed by atoms with Gasteiger partial charge in [0.25, 0.3) is 0 Å². The van der Waals surface area contributed by atoms with Gasteiger partial charge in [-0.1, -0.05) is 12.8 Å². The molecule has 0 spiro atoms. The van der Waals surface area contributed by atoms with Gasteiger partial charge in [-0.25, -0.2) is 0 Å². The maximum atomic E-state index is 5.36. The molecule has 0 bridgehead atoms. The molecular formula is C12H23NO. The van der Waals surface area contributed by atoms with Crippen molar-refractivity contribution in [3.63, 3.8) is 0 Å². The molecule has 1 N–H and O–H groups in total. The third-order valence-corrected chi connectivity index (χ3v) is 3.66. The molecule has 1 aliphatic heterocycles. The Bertz CT molecular complexity index is 130. The third-order valence-electron chi connectivity index (χ3n) is 3.66. The van der Waals surface area contributed by atoms with Gasteiger partial charge in [0.15, 0.2) is 0 Å². The maximum absolute atomic E-state index is 5.36. The molecule has 0 amide bonds. The van der Waals surface area contributed by atoms with Gasteiger partial charge in [0.2, 0.25) is 0 Å². The van der Waals surface area contributed by atoms with E-state index in [0.717, 1.165) is 25.0 Å². The quantitative estimate of drug-likeness (QED) is 0.682. The molecule has 1 atom stereocenters. The highest BCUT2D eigenvalue weighted by atomic mass is 16.5. The Morgan fingerprint density at radius 1 is 1.07 bits per heavy atom. The SMILES string of the molecule is C1CCC(CNCCC2CCOC2)C1. The molecule has 82 valence electrons. The van der Waals surface area contributed by atoms with Gasteiger partial charge in [0, 0.05) is 13.2 Å². The van der Waals surface area contributed by atoms with Gasteiger partial charge in [-0.15, -0.1) is 0 Å². The lowest BCUT2D eigenvalue weighted by molar-refractivity contribution is 0.184.